The number of methoxy groups -OCH3 is 1. The fraction of sp³-hybridized carbons (Fsp3) is 0.296. The van der Waals surface area contributed by atoms with Crippen molar-refractivity contribution in [2.45, 2.75) is 46.3 Å². The molecule has 4 rings (SSSR count). The van der Waals surface area contributed by atoms with Crippen molar-refractivity contribution in [1.82, 2.24) is 9.97 Å². The first-order valence-electron chi connectivity index (χ1n) is 11.0. The van der Waals surface area contributed by atoms with Crippen LogP contribution >= 0.6 is 22.9 Å². The third kappa shape index (κ3) is 4.99. The average molecular weight is 495 g/mol. The molecule has 0 saturated carbocycles. The summed E-state index contributed by atoms with van der Waals surface area (Å²) in [5.41, 5.74) is 5.74. The number of thiazole rings is 1. The van der Waals surface area contributed by atoms with Crippen LogP contribution in [0.4, 0.5) is 0 Å². The zero-order valence-corrected chi connectivity index (χ0v) is 21.7. The Hall–Kier alpha value is -2.80. The van der Waals surface area contributed by atoms with Crippen LogP contribution in [-0.2, 0) is 14.3 Å². The largest absolute Gasteiger partial charge is 0.467 e. The van der Waals surface area contributed by atoms with Crippen LogP contribution in [0.1, 0.15) is 43.7 Å². The standard InChI is InChI=1S/C27H27ClN2O3S/c1-15-13-20-24(34-25(30-20)18-11-12-29-16(2)14-18)22(17-7-9-19(28)10-8-17)21(15)23(26(31)32-6)33-27(3,4)5/h7-14,23H,1-6H3. The Morgan fingerprint density at radius 2 is 1.76 bits per heavy atom. The van der Waals surface area contributed by atoms with Gasteiger partial charge in [-0.15, -0.1) is 11.3 Å². The molecule has 2 aromatic carbocycles. The second-order valence-electron chi connectivity index (χ2n) is 9.18. The summed E-state index contributed by atoms with van der Waals surface area (Å²) >= 11 is 7.78. The highest BCUT2D eigenvalue weighted by Gasteiger charge is 2.33. The number of rotatable bonds is 5. The van der Waals surface area contributed by atoms with Crippen LogP contribution < -0.4 is 0 Å². The van der Waals surface area contributed by atoms with Crippen molar-refractivity contribution in [3.63, 3.8) is 0 Å². The Morgan fingerprint density at radius 3 is 2.38 bits per heavy atom. The average Bonchev–Trinajstić information content (AvgIpc) is 3.20. The normalized spacial score (nSPS) is 12.7. The summed E-state index contributed by atoms with van der Waals surface area (Å²) in [5, 5.41) is 1.53. The van der Waals surface area contributed by atoms with Gasteiger partial charge >= 0.3 is 5.97 Å². The topological polar surface area (TPSA) is 61.3 Å². The van der Waals surface area contributed by atoms with Crippen LogP contribution in [-0.4, -0.2) is 28.6 Å². The Kier molecular flexibility index (Phi) is 6.76. The van der Waals surface area contributed by atoms with Crippen LogP contribution in [0.5, 0.6) is 0 Å². The van der Waals surface area contributed by atoms with E-state index in [0.717, 1.165) is 48.7 Å². The van der Waals surface area contributed by atoms with Gasteiger partial charge in [0.2, 0.25) is 0 Å². The van der Waals surface area contributed by atoms with Crippen LogP contribution in [0, 0.1) is 13.8 Å². The van der Waals surface area contributed by atoms with Gasteiger partial charge in [0.25, 0.3) is 0 Å². The van der Waals surface area contributed by atoms with Gasteiger partial charge in [-0.05, 0) is 76.1 Å². The summed E-state index contributed by atoms with van der Waals surface area (Å²) in [4.78, 5) is 22.2. The third-order valence-electron chi connectivity index (χ3n) is 5.35. The maximum Gasteiger partial charge on any atom is 0.339 e. The molecule has 34 heavy (non-hydrogen) atoms. The fourth-order valence-corrected chi connectivity index (χ4v) is 5.19. The number of carbonyl (C=O) groups excluding carboxylic acids is 1. The lowest BCUT2D eigenvalue weighted by Gasteiger charge is -2.28. The maximum absolute atomic E-state index is 13.0. The SMILES string of the molecule is COC(=O)C(OC(C)(C)C)c1c(C)cc2nc(-c3ccnc(C)c3)sc2c1-c1ccc(Cl)cc1. The number of benzene rings is 2. The Bertz CT molecular complexity index is 1360. The van der Waals surface area contributed by atoms with Gasteiger partial charge in [-0.25, -0.2) is 9.78 Å². The second-order valence-corrected chi connectivity index (χ2v) is 10.6. The fourth-order valence-electron chi connectivity index (χ4n) is 3.94. The molecule has 0 bridgehead atoms. The summed E-state index contributed by atoms with van der Waals surface area (Å²) in [7, 11) is 1.38. The number of halogens is 1. The summed E-state index contributed by atoms with van der Waals surface area (Å²) in [6.07, 6.45) is 0.895. The molecular formula is C27H27ClN2O3S. The smallest absolute Gasteiger partial charge is 0.339 e. The van der Waals surface area contributed by atoms with Gasteiger partial charge in [0.1, 0.15) is 5.01 Å². The lowest BCUT2D eigenvalue weighted by atomic mass is 9.91. The van der Waals surface area contributed by atoms with Gasteiger partial charge in [-0.2, -0.15) is 0 Å². The predicted molar refractivity (Wildman–Crippen MR) is 138 cm³/mol. The summed E-state index contributed by atoms with van der Waals surface area (Å²) < 4.78 is 12.4. The van der Waals surface area contributed by atoms with Crippen molar-refractivity contribution < 1.29 is 14.3 Å². The van der Waals surface area contributed by atoms with E-state index in [1.807, 2.05) is 77.1 Å². The molecule has 5 nitrogen and oxygen atoms in total. The van der Waals surface area contributed by atoms with E-state index in [0.29, 0.717) is 5.02 Å². The first-order chi connectivity index (χ1) is 16.1. The lowest BCUT2D eigenvalue weighted by molar-refractivity contribution is -0.164. The minimum atomic E-state index is -0.895. The molecule has 0 N–H and O–H groups in total. The lowest BCUT2D eigenvalue weighted by Crippen LogP contribution is -2.29. The number of fused-ring (bicyclic) bond motifs is 1. The molecule has 4 aromatic rings. The van der Waals surface area contributed by atoms with Crippen molar-refractivity contribution in [3.8, 4) is 21.7 Å². The maximum atomic E-state index is 13.0. The third-order valence-corrected chi connectivity index (χ3v) is 6.74. The van der Waals surface area contributed by atoms with Gasteiger partial charge < -0.3 is 9.47 Å². The first-order valence-corrected chi connectivity index (χ1v) is 12.2. The van der Waals surface area contributed by atoms with Gasteiger partial charge in [0, 0.05) is 33.6 Å². The van der Waals surface area contributed by atoms with Crippen molar-refractivity contribution in [2.24, 2.45) is 0 Å². The number of carbonyl (C=O) groups is 1. The van der Waals surface area contributed by atoms with E-state index in [4.69, 9.17) is 26.1 Å². The Labute approximate surface area is 208 Å². The van der Waals surface area contributed by atoms with Crippen molar-refractivity contribution in [1.29, 1.82) is 0 Å². The Balaban J connectivity index is 2.04. The predicted octanol–water partition coefficient (Wildman–Crippen LogP) is 7.32. The molecule has 0 fully saturated rings. The molecule has 0 saturated heterocycles. The zero-order valence-electron chi connectivity index (χ0n) is 20.1. The number of hydrogen-bond acceptors (Lipinski definition) is 6. The highest BCUT2D eigenvalue weighted by atomic mass is 35.5. The quantitative estimate of drug-likeness (QED) is 0.272. The summed E-state index contributed by atoms with van der Waals surface area (Å²) in [5.74, 6) is -0.443. The van der Waals surface area contributed by atoms with E-state index in [9.17, 15) is 4.79 Å². The van der Waals surface area contributed by atoms with E-state index >= 15 is 0 Å². The molecule has 1 unspecified atom stereocenters. The summed E-state index contributed by atoms with van der Waals surface area (Å²) in [6, 6.07) is 13.6. The van der Waals surface area contributed by atoms with E-state index in [2.05, 4.69) is 4.98 Å². The van der Waals surface area contributed by atoms with E-state index in [1.54, 1.807) is 17.5 Å². The number of esters is 1. The van der Waals surface area contributed by atoms with E-state index < -0.39 is 17.7 Å². The Morgan fingerprint density at radius 1 is 1.06 bits per heavy atom. The van der Waals surface area contributed by atoms with E-state index in [-0.39, 0.29) is 0 Å². The number of hydrogen-bond donors (Lipinski definition) is 0. The van der Waals surface area contributed by atoms with Crippen LogP contribution in [0.3, 0.4) is 0 Å². The molecule has 2 aromatic heterocycles. The molecule has 1 atom stereocenters. The van der Waals surface area contributed by atoms with Gasteiger partial charge in [-0.1, -0.05) is 23.7 Å². The first kappa shape index (κ1) is 24.3. The minimum Gasteiger partial charge on any atom is -0.467 e. The summed E-state index contributed by atoms with van der Waals surface area (Å²) in [6.45, 7) is 9.72. The number of ether oxygens (including phenoxy) is 2. The van der Waals surface area contributed by atoms with E-state index in [1.165, 1.54) is 7.11 Å². The number of pyridine rings is 1. The zero-order chi connectivity index (χ0) is 24.6. The monoisotopic (exact) mass is 494 g/mol. The van der Waals surface area contributed by atoms with Crippen LogP contribution in [0.2, 0.25) is 5.02 Å². The molecular weight excluding hydrogens is 468 g/mol. The van der Waals surface area contributed by atoms with Gasteiger partial charge in [0.05, 0.1) is 22.9 Å². The van der Waals surface area contributed by atoms with Crippen molar-refractivity contribution in [2.75, 3.05) is 7.11 Å². The molecule has 0 aliphatic heterocycles. The molecule has 0 aliphatic carbocycles. The highest BCUT2D eigenvalue weighted by molar-refractivity contribution is 7.22. The van der Waals surface area contributed by atoms with Gasteiger partial charge in [-0.3, -0.25) is 4.98 Å². The minimum absolute atomic E-state index is 0.443. The highest BCUT2D eigenvalue weighted by Crippen LogP contribution is 2.44. The second kappa shape index (κ2) is 9.45. The van der Waals surface area contributed by atoms with Crippen LogP contribution in [0.15, 0.2) is 48.7 Å². The molecule has 7 heteroatoms. The number of aromatic nitrogens is 2. The molecule has 176 valence electrons. The van der Waals surface area contributed by atoms with Crippen LogP contribution in [0.25, 0.3) is 31.9 Å². The molecule has 0 aliphatic rings. The number of aryl methyl sites for hydroxylation is 2. The molecule has 0 spiro atoms. The van der Waals surface area contributed by atoms with Crippen molar-refractivity contribution >= 4 is 39.1 Å². The molecule has 0 radical (unpaired) electrons. The molecule has 2 heterocycles. The van der Waals surface area contributed by atoms with Crippen molar-refractivity contribution in [3.05, 3.63) is 70.5 Å². The number of nitrogens with zero attached hydrogens (tertiary/aromatic N) is 2. The van der Waals surface area contributed by atoms with Gasteiger partial charge in [0.15, 0.2) is 6.10 Å². The molecule has 0 amide bonds.